The second kappa shape index (κ2) is 5.27. The molecular weight excluding hydrogens is 204 g/mol. The highest BCUT2D eigenvalue weighted by Crippen LogP contribution is 2.21. The van der Waals surface area contributed by atoms with Gasteiger partial charge in [0, 0.05) is 12.1 Å². The van der Waals surface area contributed by atoms with E-state index in [-0.39, 0.29) is 12.1 Å². The Morgan fingerprint density at radius 1 is 1.44 bits per heavy atom. The van der Waals surface area contributed by atoms with Crippen molar-refractivity contribution in [1.82, 2.24) is 4.98 Å². The van der Waals surface area contributed by atoms with E-state index >= 15 is 0 Å². The van der Waals surface area contributed by atoms with Gasteiger partial charge in [-0.25, -0.2) is 4.98 Å². The number of nitrogens with two attached hydrogens (primary N) is 1. The zero-order chi connectivity index (χ0) is 11.4. The van der Waals surface area contributed by atoms with Gasteiger partial charge in [0.05, 0.1) is 25.5 Å². The Morgan fingerprint density at radius 2 is 2.31 bits per heavy atom. The summed E-state index contributed by atoms with van der Waals surface area (Å²) in [7, 11) is 1.61. The smallest absolute Gasteiger partial charge is 0.213 e. The highest BCUT2D eigenvalue weighted by molar-refractivity contribution is 5.15. The molecule has 1 saturated carbocycles. The van der Waals surface area contributed by atoms with Crippen LogP contribution in [0.3, 0.4) is 0 Å². The fourth-order valence-electron chi connectivity index (χ4n) is 2.01. The van der Waals surface area contributed by atoms with E-state index < -0.39 is 0 Å². The van der Waals surface area contributed by atoms with Gasteiger partial charge in [0.25, 0.3) is 0 Å². The van der Waals surface area contributed by atoms with Crippen LogP contribution in [0.5, 0.6) is 5.88 Å². The fraction of sp³-hybridized carbons (Fsp3) is 0.583. The van der Waals surface area contributed by atoms with E-state index in [1.807, 2.05) is 18.2 Å². The van der Waals surface area contributed by atoms with Crippen LogP contribution in [0, 0.1) is 0 Å². The number of hydrogen-bond donors (Lipinski definition) is 1. The summed E-state index contributed by atoms with van der Waals surface area (Å²) in [6, 6.07) is 5.86. The van der Waals surface area contributed by atoms with Crippen molar-refractivity contribution in [2.45, 2.75) is 38.0 Å². The van der Waals surface area contributed by atoms with Gasteiger partial charge in [0.2, 0.25) is 5.88 Å². The van der Waals surface area contributed by atoms with Gasteiger partial charge in [0.1, 0.15) is 0 Å². The summed E-state index contributed by atoms with van der Waals surface area (Å²) in [5.74, 6) is 0.622. The molecule has 88 valence electrons. The molecule has 1 aromatic heterocycles. The summed E-state index contributed by atoms with van der Waals surface area (Å²) in [6.07, 6.45) is 3.48. The molecule has 1 aromatic rings. The molecule has 1 heterocycles. The zero-order valence-electron chi connectivity index (χ0n) is 9.56. The molecule has 1 fully saturated rings. The van der Waals surface area contributed by atoms with Gasteiger partial charge in [-0.3, -0.25) is 0 Å². The molecule has 2 unspecified atom stereocenters. The summed E-state index contributed by atoms with van der Waals surface area (Å²) in [4.78, 5) is 4.29. The fourth-order valence-corrected chi connectivity index (χ4v) is 2.01. The van der Waals surface area contributed by atoms with Crippen molar-refractivity contribution in [3.8, 4) is 5.88 Å². The number of ether oxygens (including phenoxy) is 2. The van der Waals surface area contributed by atoms with E-state index in [1.54, 1.807) is 7.11 Å². The summed E-state index contributed by atoms with van der Waals surface area (Å²) in [6.45, 7) is 0.509. The number of nitrogens with zero attached hydrogens (tertiary/aromatic N) is 1. The Labute approximate surface area is 95.8 Å². The number of methoxy groups -OCH3 is 1. The van der Waals surface area contributed by atoms with Crippen LogP contribution in [-0.2, 0) is 11.3 Å². The molecule has 1 aliphatic rings. The monoisotopic (exact) mass is 222 g/mol. The van der Waals surface area contributed by atoms with E-state index in [9.17, 15) is 0 Å². The van der Waals surface area contributed by atoms with Crippen LogP contribution in [-0.4, -0.2) is 24.2 Å². The summed E-state index contributed by atoms with van der Waals surface area (Å²) in [5.41, 5.74) is 6.82. The lowest BCUT2D eigenvalue weighted by molar-refractivity contribution is 0.0337. The Hall–Kier alpha value is -1.13. The average molecular weight is 222 g/mol. The third-order valence-electron chi connectivity index (χ3n) is 2.94. The van der Waals surface area contributed by atoms with Crippen molar-refractivity contribution in [2.75, 3.05) is 7.11 Å². The molecule has 2 rings (SSSR count). The molecule has 4 nitrogen and oxygen atoms in total. The van der Waals surface area contributed by atoms with Crippen molar-refractivity contribution in [2.24, 2.45) is 5.73 Å². The maximum atomic E-state index is 5.93. The topological polar surface area (TPSA) is 57.4 Å². The number of aromatic nitrogens is 1. The summed E-state index contributed by atoms with van der Waals surface area (Å²) >= 11 is 0. The van der Waals surface area contributed by atoms with Gasteiger partial charge in [-0.1, -0.05) is 6.07 Å². The SMILES string of the molecule is COc1cccc(COC2CCCC2N)n1. The lowest BCUT2D eigenvalue weighted by Crippen LogP contribution is -2.31. The van der Waals surface area contributed by atoms with Gasteiger partial charge >= 0.3 is 0 Å². The van der Waals surface area contributed by atoms with Crippen molar-refractivity contribution < 1.29 is 9.47 Å². The van der Waals surface area contributed by atoms with Gasteiger partial charge in [-0.2, -0.15) is 0 Å². The quantitative estimate of drug-likeness (QED) is 0.838. The van der Waals surface area contributed by atoms with Gasteiger partial charge in [-0.15, -0.1) is 0 Å². The zero-order valence-corrected chi connectivity index (χ0v) is 9.56. The van der Waals surface area contributed by atoms with Gasteiger partial charge in [-0.05, 0) is 25.3 Å². The lowest BCUT2D eigenvalue weighted by Gasteiger charge is -2.16. The first kappa shape index (κ1) is 11.4. The minimum Gasteiger partial charge on any atom is -0.481 e. The maximum absolute atomic E-state index is 5.93. The largest absolute Gasteiger partial charge is 0.481 e. The van der Waals surface area contributed by atoms with E-state index in [2.05, 4.69) is 4.98 Å². The molecule has 0 saturated heterocycles. The number of rotatable bonds is 4. The number of pyridine rings is 1. The van der Waals surface area contributed by atoms with E-state index in [0.29, 0.717) is 12.5 Å². The Balaban J connectivity index is 1.88. The first-order valence-electron chi connectivity index (χ1n) is 5.66. The molecule has 0 aromatic carbocycles. The predicted molar refractivity (Wildman–Crippen MR) is 61.2 cm³/mol. The minimum absolute atomic E-state index is 0.186. The first-order valence-corrected chi connectivity index (χ1v) is 5.66. The second-order valence-electron chi connectivity index (χ2n) is 4.12. The van der Waals surface area contributed by atoms with E-state index in [0.717, 1.165) is 25.0 Å². The first-order chi connectivity index (χ1) is 7.79. The molecule has 2 N–H and O–H groups in total. The normalized spacial score (nSPS) is 24.6. The highest BCUT2D eigenvalue weighted by Gasteiger charge is 2.24. The Kier molecular flexibility index (Phi) is 3.74. The van der Waals surface area contributed by atoms with Crippen molar-refractivity contribution in [3.05, 3.63) is 23.9 Å². The van der Waals surface area contributed by atoms with Gasteiger partial charge < -0.3 is 15.2 Å². The third-order valence-corrected chi connectivity index (χ3v) is 2.94. The predicted octanol–water partition coefficient (Wildman–Crippen LogP) is 1.49. The summed E-state index contributed by atoms with van der Waals surface area (Å²) in [5, 5.41) is 0. The van der Waals surface area contributed by atoms with Crippen LogP contribution in [0.25, 0.3) is 0 Å². The molecule has 0 bridgehead atoms. The van der Waals surface area contributed by atoms with E-state index in [4.69, 9.17) is 15.2 Å². The summed E-state index contributed by atoms with van der Waals surface area (Å²) < 4.78 is 10.8. The molecule has 0 radical (unpaired) electrons. The standard InChI is InChI=1S/C12H18N2O2/c1-15-12-7-2-4-9(14-12)8-16-11-6-3-5-10(11)13/h2,4,7,10-11H,3,5-6,8,13H2,1H3. The lowest BCUT2D eigenvalue weighted by atomic mass is 10.2. The van der Waals surface area contributed by atoms with Crippen LogP contribution in [0.15, 0.2) is 18.2 Å². The van der Waals surface area contributed by atoms with Crippen LogP contribution < -0.4 is 10.5 Å². The number of hydrogen-bond acceptors (Lipinski definition) is 4. The van der Waals surface area contributed by atoms with Crippen molar-refractivity contribution in [1.29, 1.82) is 0 Å². The molecule has 0 aliphatic heterocycles. The third kappa shape index (κ3) is 2.71. The van der Waals surface area contributed by atoms with Crippen molar-refractivity contribution >= 4 is 0 Å². The molecule has 16 heavy (non-hydrogen) atoms. The van der Waals surface area contributed by atoms with Gasteiger partial charge in [0.15, 0.2) is 0 Å². The maximum Gasteiger partial charge on any atom is 0.213 e. The minimum atomic E-state index is 0.186. The van der Waals surface area contributed by atoms with Crippen LogP contribution in [0.1, 0.15) is 25.0 Å². The highest BCUT2D eigenvalue weighted by atomic mass is 16.5. The second-order valence-corrected chi connectivity index (χ2v) is 4.12. The molecule has 1 aliphatic carbocycles. The van der Waals surface area contributed by atoms with Crippen molar-refractivity contribution in [3.63, 3.8) is 0 Å². The Morgan fingerprint density at radius 3 is 3.00 bits per heavy atom. The molecule has 0 spiro atoms. The molecule has 2 atom stereocenters. The Bertz CT molecular complexity index is 344. The molecule has 4 heteroatoms. The van der Waals surface area contributed by atoms with Crippen LogP contribution >= 0.6 is 0 Å². The van der Waals surface area contributed by atoms with E-state index in [1.165, 1.54) is 0 Å². The van der Waals surface area contributed by atoms with Crippen LogP contribution in [0.2, 0.25) is 0 Å². The average Bonchev–Trinajstić information content (AvgIpc) is 2.72. The van der Waals surface area contributed by atoms with Crippen LogP contribution in [0.4, 0.5) is 0 Å². The molecular formula is C12H18N2O2. The molecule has 0 amide bonds.